The van der Waals surface area contributed by atoms with Gasteiger partial charge in [0.2, 0.25) is 5.91 Å². The normalized spacial score (nSPS) is 17.4. The van der Waals surface area contributed by atoms with E-state index in [0.29, 0.717) is 13.2 Å². The third-order valence-corrected chi connectivity index (χ3v) is 3.40. The van der Waals surface area contributed by atoms with Crippen LogP contribution in [0, 0.1) is 5.82 Å². The molecule has 0 aromatic heterocycles. The molecule has 1 fully saturated rings. The van der Waals surface area contributed by atoms with Crippen molar-refractivity contribution in [3.05, 3.63) is 24.0 Å². The molecule has 3 amide bonds. The highest BCUT2D eigenvalue weighted by Gasteiger charge is 2.27. The molecule has 1 saturated heterocycles. The molecule has 1 aromatic rings. The molecule has 132 valence electrons. The molecular formula is C15H20FN3O5. The number of nitrogens with one attached hydrogen (secondary N) is 1. The van der Waals surface area contributed by atoms with Gasteiger partial charge in [0.25, 0.3) is 0 Å². The molecule has 8 nitrogen and oxygen atoms in total. The summed E-state index contributed by atoms with van der Waals surface area (Å²) < 4.78 is 29.1. The molecule has 24 heavy (non-hydrogen) atoms. The van der Waals surface area contributed by atoms with Crippen molar-refractivity contribution in [3.8, 4) is 5.75 Å². The molecule has 0 bridgehead atoms. The highest BCUT2D eigenvalue weighted by molar-refractivity contribution is 5.90. The van der Waals surface area contributed by atoms with E-state index in [0.717, 1.165) is 6.07 Å². The van der Waals surface area contributed by atoms with Crippen molar-refractivity contribution >= 4 is 17.6 Å². The Morgan fingerprint density at radius 1 is 1.46 bits per heavy atom. The van der Waals surface area contributed by atoms with Gasteiger partial charge in [-0.2, -0.15) is 0 Å². The molecule has 1 aromatic carbocycles. The van der Waals surface area contributed by atoms with Crippen molar-refractivity contribution in [2.75, 3.05) is 45.3 Å². The number of urea groups is 1. The Balaban J connectivity index is 1.94. The lowest BCUT2D eigenvalue weighted by atomic mass is 10.2. The van der Waals surface area contributed by atoms with Gasteiger partial charge in [-0.25, -0.2) is 9.18 Å². The largest absolute Gasteiger partial charge is 0.488 e. The number of anilines is 1. The number of rotatable bonds is 6. The summed E-state index contributed by atoms with van der Waals surface area (Å²) in [6.07, 6.45) is -0.835. The number of methoxy groups -OCH3 is 1. The van der Waals surface area contributed by atoms with Crippen molar-refractivity contribution in [2.45, 2.75) is 6.10 Å². The Kier molecular flexibility index (Phi) is 6.33. The Hall–Kier alpha value is -2.39. The van der Waals surface area contributed by atoms with E-state index in [2.05, 4.69) is 5.32 Å². The third kappa shape index (κ3) is 4.80. The standard InChI is InChI=1S/C15H20FN3O5/c1-22-6-7-24-12-3-2-10(8-11(12)16)18-15(21)19-4-5-23-13(9-19)14(17)20/h2-3,8,13H,4-7,9H2,1H3,(H2,17,20)(H,18,21). The fourth-order valence-corrected chi connectivity index (χ4v) is 2.14. The van der Waals surface area contributed by atoms with E-state index < -0.39 is 23.9 Å². The lowest BCUT2D eigenvalue weighted by Gasteiger charge is -2.31. The highest BCUT2D eigenvalue weighted by Crippen LogP contribution is 2.21. The van der Waals surface area contributed by atoms with Gasteiger partial charge in [0.15, 0.2) is 17.7 Å². The van der Waals surface area contributed by atoms with Crippen LogP contribution in [0.1, 0.15) is 0 Å². The van der Waals surface area contributed by atoms with Crippen LogP contribution in [0.25, 0.3) is 0 Å². The van der Waals surface area contributed by atoms with Crippen LogP contribution in [0.5, 0.6) is 5.75 Å². The van der Waals surface area contributed by atoms with Crippen molar-refractivity contribution in [1.82, 2.24) is 4.90 Å². The van der Waals surface area contributed by atoms with Gasteiger partial charge in [0, 0.05) is 25.4 Å². The molecule has 0 saturated carbocycles. The molecule has 1 unspecified atom stereocenters. The molecule has 2 rings (SSSR count). The molecular weight excluding hydrogens is 321 g/mol. The van der Waals surface area contributed by atoms with Crippen molar-refractivity contribution in [2.24, 2.45) is 5.73 Å². The summed E-state index contributed by atoms with van der Waals surface area (Å²) in [4.78, 5) is 24.7. The van der Waals surface area contributed by atoms with E-state index in [9.17, 15) is 14.0 Å². The van der Waals surface area contributed by atoms with E-state index in [-0.39, 0.29) is 31.2 Å². The average molecular weight is 341 g/mol. The first kappa shape index (κ1) is 18.0. The zero-order chi connectivity index (χ0) is 17.5. The maximum absolute atomic E-state index is 13.9. The van der Waals surface area contributed by atoms with Gasteiger partial charge < -0.3 is 30.2 Å². The quantitative estimate of drug-likeness (QED) is 0.736. The van der Waals surface area contributed by atoms with Gasteiger partial charge in [-0.15, -0.1) is 0 Å². The number of morpholine rings is 1. The topological polar surface area (TPSA) is 103 Å². The van der Waals surface area contributed by atoms with Crippen LogP contribution in [0.4, 0.5) is 14.9 Å². The van der Waals surface area contributed by atoms with Crippen LogP contribution < -0.4 is 15.8 Å². The lowest BCUT2D eigenvalue weighted by molar-refractivity contribution is -0.133. The number of hydrogen-bond donors (Lipinski definition) is 2. The first-order chi connectivity index (χ1) is 11.5. The summed E-state index contributed by atoms with van der Waals surface area (Å²) in [7, 11) is 1.52. The first-order valence-electron chi connectivity index (χ1n) is 7.39. The van der Waals surface area contributed by atoms with Crippen molar-refractivity contribution in [3.63, 3.8) is 0 Å². The smallest absolute Gasteiger partial charge is 0.322 e. The predicted molar refractivity (Wildman–Crippen MR) is 83.3 cm³/mol. The van der Waals surface area contributed by atoms with E-state index >= 15 is 0 Å². The van der Waals surface area contributed by atoms with Crippen LogP contribution in [0.15, 0.2) is 18.2 Å². The number of primary amides is 1. The second kappa shape index (κ2) is 8.46. The van der Waals surface area contributed by atoms with E-state index in [1.54, 1.807) is 0 Å². The first-order valence-corrected chi connectivity index (χ1v) is 7.39. The van der Waals surface area contributed by atoms with Crippen molar-refractivity contribution in [1.29, 1.82) is 0 Å². The third-order valence-electron chi connectivity index (χ3n) is 3.40. The van der Waals surface area contributed by atoms with Crippen LogP contribution in [0.2, 0.25) is 0 Å². The molecule has 9 heteroatoms. The lowest BCUT2D eigenvalue weighted by Crippen LogP contribution is -2.51. The minimum atomic E-state index is -0.835. The Morgan fingerprint density at radius 2 is 2.25 bits per heavy atom. The summed E-state index contributed by atoms with van der Waals surface area (Å²) in [6.45, 7) is 1.15. The molecule has 0 radical (unpaired) electrons. The minimum Gasteiger partial charge on any atom is -0.488 e. The average Bonchev–Trinajstić information content (AvgIpc) is 2.57. The second-order valence-corrected chi connectivity index (χ2v) is 5.12. The van der Waals surface area contributed by atoms with Gasteiger partial charge in [0.1, 0.15) is 6.61 Å². The molecule has 3 N–H and O–H groups in total. The zero-order valence-electron chi connectivity index (χ0n) is 13.3. The summed E-state index contributed by atoms with van der Waals surface area (Å²) in [5, 5.41) is 2.57. The van der Waals surface area contributed by atoms with Gasteiger partial charge in [-0.05, 0) is 12.1 Å². The summed E-state index contributed by atoms with van der Waals surface area (Å²) in [5.74, 6) is -1.15. The monoisotopic (exact) mass is 341 g/mol. The Labute approximate surface area is 138 Å². The van der Waals surface area contributed by atoms with E-state index in [1.165, 1.54) is 24.1 Å². The Morgan fingerprint density at radius 3 is 2.92 bits per heavy atom. The number of nitrogens with zero attached hydrogens (tertiary/aromatic N) is 1. The number of benzene rings is 1. The molecule has 0 spiro atoms. The predicted octanol–water partition coefficient (Wildman–Crippen LogP) is 0.569. The van der Waals surface area contributed by atoms with E-state index in [4.69, 9.17) is 19.9 Å². The maximum atomic E-state index is 13.9. The zero-order valence-corrected chi connectivity index (χ0v) is 13.3. The van der Waals surface area contributed by atoms with Crippen LogP contribution in [-0.4, -0.2) is 63.0 Å². The number of nitrogens with two attached hydrogens (primary N) is 1. The molecule has 1 atom stereocenters. The Bertz CT molecular complexity index is 598. The highest BCUT2D eigenvalue weighted by atomic mass is 19.1. The number of halogens is 1. The molecule has 1 heterocycles. The molecule has 1 aliphatic rings. The summed E-state index contributed by atoms with van der Waals surface area (Å²) in [5.41, 5.74) is 5.45. The van der Waals surface area contributed by atoms with Crippen LogP contribution in [0.3, 0.4) is 0 Å². The number of hydrogen-bond acceptors (Lipinski definition) is 5. The number of carbonyl (C=O) groups is 2. The minimum absolute atomic E-state index is 0.0574. The molecule has 0 aliphatic carbocycles. The summed E-state index contributed by atoms with van der Waals surface area (Å²) in [6, 6.07) is 3.64. The molecule has 1 aliphatic heterocycles. The van der Waals surface area contributed by atoms with Crippen LogP contribution in [-0.2, 0) is 14.3 Å². The van der Waals surface area contributed by atoms with Crippen molar-refractivity contribution < 1.29 is 28.2 Å². The fourth-order valence-electron chi connectivity index (χ4n) is 2.14. The van der Waals surface area contributed by atoms with Gasteiger partial charge in [-0.3, -0.25) is 4.79 Å². The number of carbonyl (C=O) groups excluding carboxylic acids is 2. The van der Waals surface area contributed by atoms with Gasteiger partial charge in [-0.1, -0.05) is 0 Å². The fraction of sp³-hybridized carbons (Fsp3) is 0.467. The number of ether oxygens (including phenoxy) is 3. The van der Waals surface area contributed by atoms with Crippen LogP contribution >= 0.6 is 0 Å². The summed E-state index contributed by atoms with van der Waals surface area (Å²) >= 11 is 0. The number of amides is 3. The maximum Gasteiger partial charge on any atom is 0.322 e. The van der Waals surface area contributed by atoms with Gasteiger partial charge in [0.05, 0.1) is 19.8 Å². The second-order valence-electron chi connectivity index (χ2n) is 5.12. The SMILES string of the molecule is COCCOc1ccc(NC(=O)N2CCOC(C(N)=O)C2)cc1F. The van der Waals surface area contributed by atoms with Gasteiger partial charge >= 0.3 is 6.03 Å². The van der Waals surface area contributed by atoms with E-state index in [1.807, 2.05) is 0 Å².